The van der Waals surface area contributed by atoms with Gasteiger partial charge in [-0.1, -0.05) is 11.6 Å². The van der Waals surface area contributed by atoms with Crippen molar-refractivity contribution in [1.29, 1.82) is 0 Å². The fraction of sp³-hybridized carbons (Fsp3) is 0.292. The minimum absolute atomic E-state index is 0.154. The van der Waals surface area contributed by atoms with Gasteiger partial charge < -0.3 is 20.1 Å². The number of fused-ring (bicyclic) bond motifs is 2. The predicted octanol–water partition coefficient (Wildman–Crippen LogP) is 4.65. The average molecular weight is 482 g/mol. The molecule has 0 aliphatic carbocycles. The molecule has 9 heteroatoms. The summed E-state index contributed by atoms with van der Waals surface area (Å²) in [6, 6.07) is 11.7. The van der Waals surface area contributed by atoms with Gasteiger partial charge in [0, 0.05) is 29.2 Å². The van der Waals surface area contributed by atoms with Gasteiger partial charge in [0.25, 0.3) is 0 Å². The van der Waals surface area contributed by atoms with Crippen LogP contribution in [0.4, 0.5) is 5.95 Å². The highest BCUT2D eigenvalue weighted by Crippen LogP contribution is 2.40. The topological polar surface area (TPSA) is 86.4 Å². The zero-order valence-corrected chi connectivity index (χ0v) is 20.0. The number of likely N-dealkylation sites (N-methyl/N-ethyl adjacent to an activating group) is 1. The van der Waals surface area contributed by atoms with Crippen molar-refractivity contribution in [2.24, 2.45) is 0 Å². The van der Waals surface area contributed by atoms with Gasteiger partial charge in [-0.25, -0.2) is 15.0 Å². The number of aromatic nitrogens is 3. The van der Waals surface area contributed by atoms with E-state index < -0.39 is 0 Å². The van der Waals surface area contributed by atoms with Crippen molar-refractivity contribution in [1.82, 2.24) is 19.9 Å². The number of rotatable bonds is 6. The summed E-state index contributed by atoms with van der Waals surface area (Å²) in [5, 5.41) is 1.74. The van der Waals surface area contributed by atoms with Gasteiger partial charge in [0.1, 0.15) is 28.6 Å². The molecular formula is C24H24ClN5O2S. The molecule has 1 unspecified atom stereocenters. The SMILES string of the molecule is CN(C)CCOc1cc(-c2ccnc(N)n2)cc2sc(C3COc4ccc(Cl)cc4C3)nc12. The molecule has 5 rings (SSSR count). The van der Waals surface area contributed by atoms with Gasteiger partial charge in [-0.2, -0.15) is 0 Å². The lowest BCUT2D eigenvalue weighted by molar-refractivity contribution is 0.261. The van der Waals surface area contributed by atoms with Gasteiger partial charge in [0.2, 0.25) is 5.95 Å². The van der Waals surface area contributed by atoms with Crippen molar-refractivity contribution in [3.8, 4) is 22.8 Å². The summed E-state index contributed by atoms with van der Waals surface area (Å²) < 4.78 is 13.2. The second-order valence-corrected chi connectivity index (χ2v) is 9.79. The molecule has 0 saturated carbocycles. The second-order valence-electron chi connectivity index (χ2n) is 8.29. The molecule has 7 nitrogen and oxygen atoms in total. The van der Waals surface area contributed by atoms with Crippen LogP contribution in [0, 0.1) is 0 Å². The number of nitrogen functional groups attached to an aromatic ring is 1. The third-order valence-corrected chi connectivity index (χ3v) is 6.92. The van der Waals surface area contributed by atoms with Crippen molar-refractivity contribution in [2.45, 2.75) is 12.3 Å². The van der Waals surface area contributed by atoms with Crippen molar-refractivity contribution >= 4 is 39.1 Å². The fourth-order valence-corrected chi connectivity index (χ4v) is 5.15. The maximum absolute atomic E-state index is 6.21. The maximum atomic E-state index is 6.21. The fourth-order valence-electron chi connectivity index (χ4n) is 3.84. The zero-order chi connectivity index (χ0) is 22.9. The molecule has 1 aliphatic heterocycles. The Labute approximate surface area is 201 Å². The van der Waals surface area contributed by atoms with Gasteiger partial charge in [0.15, 0.2) is 0 Å². The van der Waals surface area contributed by atoms with Gasteiger partial charge in [-0.3, -0.25) is 0 Å². The molecule has 2 aromatic carbocycles. The summed E-state index contributed by atoms with van der Waals surface area (Å²) in [6.07, 6.45) is 2.50. The van der Waals surface area contributed by atoms with Crippen LogP contribution in [0.2, 0.25) is 5.02 Å². The Kier molecular flexibility index (Phi) is 6.05. The minimum Gasteiger partial charge on any atom is -0.493 e. The smallest absolute Gasteiger partial charge is 0.220 e. The van der Waals surface area contributed by atoms with E-state index in [1.807, 2.05) is 44.4 Å². The molecule has 0 saturated heterocycles. The number of nitrogens with zero attached hydrogens (tertiary/aromatic N) is 4. The number of hydrogen-bond acceptors (Lipinski definition) is 8. The molecule has 2 aromatic heterocycles. The molecule has 0 fully saturated rings. The Bertz CT molecular complexity index is 1310. The van der Waals surface area contributed by atoms with Crippen molar-refractivity contribution < 1.29 is 9.47 Å². The lowest BCUT2D eigenvalue weighted by atomic mass is 9.97. The Morgan fingerprint density at radius 2 is 2.09 bits per heavy atom. The summed E-state index contributed by atoms with van der Waals surface area (Å²) in [6.45, 7) is 1.94. The van der Waals surface area contributed by atoms with Crippen molar-refractivity contribution in [3.63, 3.8) is 0 Å². The number of benzene rings is 2. The Hall–Kier alpha value is -2.94. The highest BCUT2D eigenvalue weighted by Gasteiger charge is 2.25. The van der Waals surface area contributed by atoms with Crippen LogP contribution in [0.3, 0.4) is 0 Å². The van der Waals surface area contributed by atoms with Crippen LogP contribution in [0.1, 0.15) is 16.5 Å². The van der Waals surface area contributed by atoms with E-state index in [0.29, 0.717) is 18.2 Å². The average Bonchev–Trinajstić information content (AvgIpc) is 3.23. The number of thiazole rings is 1. The minimum atomic E-state index is 0.154. The van der Waals surface area contributed by atoms with Crippen LogP contribution in [0.15, 0.2) is 42.6 Å². The molecule has 0 radical (unpaired) electrons. The number of anilines is 1. The summed E-state index contributed by atoms with van der Waals surface area (Å²) in [5.41, 5.74) is 9.46. The molecular weight excluding hydrogens is 458 g/mol. The number of halogens is 1. The second kappa shape index (κ2) is 9.13. The largest absolute Gasteiger partial charge is 0.493 e. The van der Waals surface area contributed by atoms with E-state index in [1.165, 1.54) is 0 Å². The molecule has 0 spiro atoms. The summed E-state index contributed by atoms with van der Waals surface area (Å²) in [5.74, 6) is 2.03. The van der Waals surface area contributed by atoms with Crippen LogP contribution in [-0.4, -0.2) is 53.7 Å². The third-order valence-electron chi connectivity index (χ3n) is 5.52. The Morgan fingerprint density at radius 3 is 2.91 bits per heavy atom. The summed E-state index contributed by atoms with van der Waals surface area (Å²) >= 11 is 7.87. The standard InChI is InChI=1S/C24H24ClN5O2S/c1-30(2)7-8-31-20-11-14(18-5-6-27-24(26)28-18)12-21-22(20)29-23(33-21)16-9-15-10-17(25)3-4-19(15)32-13-16/h3-6,10-12,16H,7-9,13H2,1-2H3,(H2,26,27,28). The molecule has 170 valence electrons. The molecule has 0 bridgehead atoms. The first kappa shape index (κ1) is 21.9. The van der Waals surface area contributed by atoms with Crippen LogP contribution in [-0.2, 0) is 6.42 Å². The summed E-state index contributed by atoms with van der Waals surface area (Å²) in [4.78, 5) is 15.5. The van der Waals surface area contributed by atoms with Gasteiger partial charge in [0.05, 0.1) is 17.0 Å². The van der Waals surface area contributed by atoms with E-state index in [9.17, 15) is 0 Å². The van der Waals surface area contributed by atoms with Crippen LogP contribution < -0.4 is 15.2 Å². The maximum Gasteiger partial charge on any atom is 0.220 e. The highest BCUT2D eigenvalue weighted by atomic mass is 35.5. The van der Waals surface area contributed by atoms with Crippen LogP contribution >= 0.6 is 22.9 Å². The Morgan fingerprint density at radius 1 is 1.21 bits per heavy atom. The van der Waals surface area contributed by atoms with E-state index in [2.05, 4.69) is 20.9 Å². The quantitative estimate of drug-likeness (QED) is 0.429. The number of ether oxygens (including phenoxy) is 2. The molecule has 2 N–H and O–H groups in total. The van der Waals surface area contributed by atoms with Crippen molar-refractivity contribution in [2.75, 3.05) is 39.6 Å². The van der Waals surface area contributed by atoms with Crippen LogP contribution in [0.5, 0.6) is 11.5 Å². The van der Waals surface area contributed by atoms with E-state index in [1.54, 1.807) is 17.5 Å². The predicted molar refractivity (Wildman–Crippen MR) is 132 cm³/mol. The third kappa shape index (κ3) is 4.73. The Balaban J connectivity index is 1.52. The van der Waals surface area contributed by atoms with Gasteiger partial charge in [-0.15, -0.1) is 11.3 Å². The van der Waals surface area contributed by atoms with E-state index in [4.69, 9.17) is 31.8 Å². The molecule has 3 heterocycles. The van der Waals surface area contributed by atoms with E-state index in [-0.39, 0.29) is 11.9 Å². The van der Waals surface area contributed by atoms with Gasteiger partial charge >= 0.3 is 0 Å². The number of hydrogen-bond donors (Lipinski definition) is 1. The normalized spacial score (nSPS) is 15.5. The molecule has 33 heavy (non-hydrogen) atoms. The van der Waals surface area contributed by atoms with Crippen molar-refractivity contribution in [3.05, 3.63) is 58.2 Å². The highest BCUT2D eigenvalue weighted by molar-refractivity contribution is 7.18. The molecule has 1 aliphatic rings. The van der Waals surface area contributed by atoms with E-state index >= 15 is 0 Å². The van der Waals surface area contributed by atoms with Crippen LogP contribution in [0.25, 0.3) is 21.5 Å². The summed E-state index contributed by atoms with van der Waals surface area (Å²) in [7, 11) is 4.04. The lowest BCUT2D eigenvalue weighted by Crippen LogP contribution is -2.19. The number of nitrogens with two attached hydrogens (primary N) is 1. The lowest BCUT2D eigenvalue weighted by Gasteiger charge is -2.23. The molecule has 1 atom stereocenters. The molecule has 0 amide bonds. The van der Waals surface area contributed by atoms with Gasteiger partial charge in [-0.05, 0) is 62.5 Å². The van der Waals surface area contributed by atoms with E-state index in [0.717, 1.165) is 56.5 Å². The first-order valence-electron chi connectivity index (χ1n) is 10.7. The molecule has 4 aromatic rings. The first-order chi connectivity index (χ1) is 16.0. The first-order valence-corrected chi connectivity index (χ1v) is 11.9. The monoisotopic (exact) mass is 481 g/mol. The zero-order valence-electron chi connectivity index (χ0n) is 18.4.